The Kier molecular flexibility index (Phi) is 7.44. The molecule has 1 amide bonds. The third kappa shape index (κ3) is 8.36. The van der Waals surface area contributed by atoms with Crippen molar-refractivity contribution in [1.82, 2.24) is 5.32 Å². The molecular weight excluding hydrogens is 342 g/mol. The fourth-order valence-electron chi connectivity index (χ4n) is 2.16. The van der Waals surface area contributed by atoms with Gasteiger partial charge in [0, 0.05) is 0 Å². The van der Waals surface area contributed by atoms with E-state index < -0.39 is 27.9 Å². The van der Waals surface area contributed by atoms with Crippen molar-refractivity contribution in [3.05, 3.63) is 29.8 Å². The van der Waals surface area contributed by atoms with Crippen molar-refractivity contribution in [1.29, 1.82) is 0 Å². The highest BCUT2D eigenvalue weighted by Crippen LogP contribution is 2.15. The van der Waals surface area contributed by atoms with Crippen LogP contribution in [0.4, 0.5) is 4.79 Å². The second kappa shape index (κ2) is 8.67. The zero-order chi connectivity index (χ0) is 19.3. The monoisotopic (exact) mass is 371 g/mol. The molecular formula is C18H29NO5S. The van der Waals surface area contributed by atoms with Crippen LogP contribution in [0.2, 0.25) is 0 Å². The van der Waals surface area contributed by atoms with Crippen LogP contribution in [-0.4, -0.2) is 32.8 Å². The maximum atomic E-state index is 12.3. The Balaban J connectivity index is 2.74. The Morgan fingerprint density at radius 3 is 2.20 bits per heavy atom. The molecule has 0 heterocycles. The molecule has 142 valence electrons. The molecule has 0 aromatic heterocycles. The van der Waals surface area contributed by atoms with E-state index in [0.29, 0.717) is 6.42 Å². The first kappa shape index (κ1) is 21.4. The summed E-state index contributed by atoms with van der Waals surface area (Å²) >= 11 is 0. The van der Waals surface area contributed by atoms with Crippen LogP contribution in [0.3, 0.4) is 0 Å². The number of rotatable bonds is 7. The minimum absolute atomic E-state index is 0.0960. The molecule has 0 spiro atoms. The summed E-state index contributed by atoms with van der Waals surface area (Å²) in [5.74, 6) is 0.255. The van der Waals surface area contributed by atoms with Gasteiger partial charge in [-0.1, -0.05) is 31.5 Å². The van der Waals surface area contributed by atoms with E-state index in [-0.39, 0.29) is 17.4 Å². The van der Waals surface area contributed by atoms with Crippen LogP contribution >= 0.6 is 0 Å². The molecule has 0 saturated carbocycles. The van der Waals surface area contributed by atoms with E-state index >= 15 is 0 Å². The predicted molar refractivity (Wildman–Crippen MR) is 96.9 cm³/mol. The predicted octanol–water partition coefficient (Wildman–Crippen LogP) is 3.64. The summed E-state index contributed by atoms with van der Waals surface area (Å²) in [7, 11) is -3.87. The molecule has 1 unspecified atom stereocenters. The van der Waals surface area contributed by atoms with E-state index in [2.05, 4.69) is 5.32 Å². The van der Waals surface area contributed by atoms with Crippen molar-refractivity contribution >= 4 is 16.2 Å². The first-order valence-corrected chi connectivity index (χ1v) is 9.75. The number of aryl methyl sites for hydroxylation is 1. The van der Waals surface area contributed by atoms with E-state index in [0.717, 1.165) is 5.56 Å². The van der Waals surface area contributed by atoms with Gasteiger partial charge in [-0.15, -0.1) is 0 Å². The van der Waals surface area contributed by atoms with Crippen LogP contribution in [0.1, 0.15) is 46.6 Å². The molecule has 1 aromatic carbocycles. The first-order chi connectivity index (χ1) is 11.4. The fourth-order valence-corrected chi connectivity index (χ4v) is 3.11. The first-order valence-electron chi connectivity index (χ1n) is 8.34. The highest BCUT2D eigenvalue weighted by atomic mass is 32.2. The summed E-state index contributed by atoms with van der Waals surface area (Å²) < 4.78 is 34.9. The molecule has 0 saturated heterocycles. The van der Waals surface area contributed by atoms with Gasteiger partial charge in [0.05, 0.1) is 17.5 Å². The summed E-state index contributed by atoms with van der Waals surface area (Å²) in [6.07, 6.45) is -0.0164. The maximum Gasteiger partial charge on any atom is 0.407 e. The van der Waals surface area contributed by atoms with Crippen LogP contribution in [0, 0.1) is 12.8 Å². The van der Waals surface area contributed by atoms with Gasteiger partial charge in [0.1, 0.15) is 5.60 Å². The van der Waals surface area contributed by atoms with E-state index in [1.807, 2.05) is 20.8 Å². The van der Waals surface area contributed by atoms with Crippen molar-refractivity contribution in [2.24, 2.45) is 5.92 Å². The number of hydrogen-bond donors (Lipinski definition) is 1. The van der Waals surface area contributed by atoms with Gasteiger partial charge < -0.3 is 10.1 Å². The van der Waals surface area contributed by atoms with Crippen molar-refractivity contribution in [3.8, 4) is 0 Å². The SMILES string of the molecule is Cc1ccc(S(=O)(=O)OCC(CC(C)C)NC(=O)OC(C)(C)C)cc1. The zero-order valence-corrected chi connectivity index (χ0v) is 16.6. The highest BCUT2D eigenvalue weighted by Gasteiger charge is 2.23. The largest absolute Gasteiger partial charge is 0.444 e. The van der Waals surface area contributed by atoms with E-state index in [1.54, 1.807) is 32.9 Å². The van der Waals surface area contributed by atoms with Gasteiger partial charge in [0.25, 0.3) is 10.1 Å². The lowest BCUT2D eigenvalue weighted by Gasteiger charge is -2.24. The number of nitrogens with one attached hydrogen (secondary N) is 1. The Morgan fingerprint density at radius 1 is 1.16 bits per heavy atom. The summed E-state index contributed by atoms with van der Waals surface area (Å²) in [5, 5.41) is 2.69. The number of amides is 1. The maximum absolute atomic E-state index is 12.3. The van der Waals surface area contributed by atoms with E-state index in [9.17, 15) is 13.2 Å². The average molecular weight is 371 g/mol. The minimum Gasteiger partial charge on any atom is -0.444 e. The van der Waals surface area contributed by atoms with Crippen molar-refractivity contribution in [2.75, 3.05) is 6.61 Å². The van der Waals surface area contributed by atoms with Gasteiger partial charge in [-0.05, 0) is 52.2 Å². The normalized spacial score (nSPS) is 13.6. The Labute approximate surface area is 151 Å². The topological polar surface area (TPSA) is 81.7 Å². The minimum atomic E-state index is -3.87. The highest BCUT2D eigenvalue weighted by molar-refractivity contribution is 7.86. The molecule has 6 nitrogen and oxygen atoms in total. The van der Waals surface area contributed by atoms with E-state index in [1.165, 1.54) is 12.1 Å². The number of benzene rings is 1. The van der Waals surface area contributed by atoms with Crippen LogP contribution in [0.15, 0.2) is 29.2 Å². The summed E-state index contributed by atoms with van der Waals surface area (Å²) in [4.78, 5) is 12.0. The van der Waals surface area contributed by atoms with Crippen LogP contribution in [0.25, 0.3) is 0 Å². The molecule has 1 atom stereocenters. The molecule has 7 heteroatoms. The molecule has 1 rings (SSSR count). The van der Waals surface area contributed by atoms with Gasteiger partial charge in [0.15, 0.2) is 0 Å². The molecule has 0 aliphatic heterocycles. The van der Waals surface area contributed by atoms with Gasteiger partial charge >= 0.3 is 6.09 Å². The number of alkyl carbamates (subject to hydrolysis) is 1. The third-order valence-corrected chi connectivity index (χ3v) is 4.51. The summed E-state index contributed by atoms with van der Waals surface area (Å²) in [6.45, 7) is 11.0. The lowest BCUT2D eigenvalue weighted by molar-refractivity contribution is 0.0480. The molecule has 0 bridgehead atoms. The van der Waals surface area contributed by atoms with Crippen LogP contribution < -0.4 is 5.32 Å². The zero-order valence-electron chi connectivity index (χ0n) is 15.8. The Hall–Kier alpha value is -1.60. The lowest BCUT2D eigenvalue weighted by Crippen LogP contribution is -2.42. The average Bonchev–Trinajstić information content (AvgIpc) is 2.42. The fraction of sp³-hybridized carbons (Fsp3) is 0.611. The molecule has 0 aliphatic carbocycles. The number of ether oxygens (including phenoxy) is 1. The second-order valence-electron chi connectivity index (χ2n) is 7.52. The molecule has 0 fully saturated rings. The van der Waals surface area contributed by atoms with Gasteiger partial charge in [0.2, 0.25) is 0 Å². The third-order valence-electron chi connectivity index (χ3n) is 3.21. The number of carbonyl (C=O) groups excluding carboxylic acids is 1. The standard InChI is InChI=1S/C18H29NO5S/c1-13(2)11-15(19-17(20)24-18(4,5)6)12-23-25(21,22)16-9-7-14(3)8-10-16/h7-10,13,15H,11-12H2,1-6H3,(H,19,20). The number of carbonyl (C=O) groups is 1. The van der Waals surface area contributed by atoms with Crippen molar-refractivity contribution < 1.29 is 22.1 Å². The lowest BCUT2D eigenvalue weighted by atomic mass is 10.0. The van der Waals surface area contributed by atoms with Gasteiger partial charge in [-0.25, -0.2) is 4.79 Å². The molecule has 1 N–H and O–H groups in total. The molecule has 0 aliphatic rings. The molecule has 1 aromatic rings. The summed E-state index contributed by atoms with van der Waals surface area (Å²) in [6, 6.07) is 5.96. The van der Waals surface area contributed by atoms with Gasteiger partial charge in [-0.3, -0.25) is 4.18 Å². The molecule has 25 heavy (non-hydrogen) atoms. The van der Waals surface area contributed by atoms with Crippen molar-refractivity contribution in [3.63, 3.8) is 0 Å². The summed E-state index contributed by atoms with van der Waals surface area (Å²) in [5.41, 5.74) is 0.338. The van der Waals surface area contributed by atoms with Crippen molar-refractivity contribution in [2.45, 2.75) is 64.5 Å². The Morgan fingerprint density at radius 2 is 1.72 bits per heavy atom. The number of hydrogen-bond acceptors (Lipinski definition) is 5. The quantitative estimate of drug-likeness (QED) is 0.740. The Bertz CT molecular complexity index is 660. The smallest absolute Gasteiger partial charge is 0.407 e. The molecule has 0 radical (unpaired) electrons. The van der Waals surface area contributed by atoms with E-state index in [4.69, 9.17) is 8.92 Å². The second-order valence-corrected chi connectivity index (χ2v) is 9.14. The van der Waals surface area contributed by atoms with Crippen LogP contribution in [-0.2, 0) is 19.0 Å². The van der Waals surface area contributed by atoms with Gasteiger partial charge in [-0.2, -0.15) is 8.42 Å². The van der Waals surface area contributed by atoms with Crippen LogP contribution in [0.5, 0.6) is 0 Å².